The van der Waals surface area contributed by atoms with Crippen molar-refractivity contribution in [2.24, 2.45) is 5.92 Å². The summed E-state index contributed by atoms with van der Waals surface area (Å²) in [5.41, 5.74) is 0. The maximum Gasteiger partial charge on any atom is 0.0231 e. The van der Waals surface area contributed by atoms with Gasteiger partial charge in [0.2, 0.25) is 0 Å². The first kappa shape index (κ1) is 10.8. The number of rotatable bonds is 2. The Hall–Kier alpha value is 0.270. The maximum atomic E-state index is 3.45. The van der Waals surface area contributed by atoms with Gasteiger partial charge in [-0.3, -0.25) is 0 Å². The van der Waals surface area contributed by atoms with Crippen LogP contribution in [0.5, 0.6) is 0 Å². The predicted molar refractivity (Wildman–Crippen MR) is 64.0 cm³/mol. The highest BCUT2D eigenvalue weighted by atomic mass is 32.2. The lowest BCUT2D eigenvalue weighted by Gasteiger charge is -2.38. The maximum absolute atomic E-state index is 3.45. The van der Waals surface area contributed by atoms with E-state index in [0.29, 0.717) is 4.75 Å². The van der Waals surface area contributed by atoms with Crippen LogP contribution < -0.4 is 5.32 Å². The van der Waals surface area contributed by atoms with E-state index in [-0.39, 0.29) is 0 Å². The first-order chi connectivity index (χ1) is 6.66. The molecule has 1 unspecified atom stereocenters. The Bertz CT molecular complexity index is 188. The number of thioether (sulfide) groups is 1. The zero-order valence-corrected chi connectivity index (χ0v) is 10.2. The van der Waals surface area contributed by atoms with Crippen molar-refractivity contribution in [3.63, 3.8) is 0 Å². The van der Waals surface area contributed by atoms with Crippen molar-refractivity contribution >= 4 is 11.8 Å². The highest BCUT2D eigenvalue weighted by Crippen LogP contribution is 2.30. The quantitative estimate of drug-likeness (QED) is 0.748. The summed E-state index contributed by atoms with van der Waals surface area (Å²) in [5, 5.41) is 3.45. The van der Waals surface area contributed by atoms with Crippen molar-refractivity contribution < 1.29 is 0 Å². The summed E-state index contributed by atoms with van der Waals surface area (Å²) in [5.74, 6) is 2.22. The molecular weight excluding hydrogens is 192 g/mol. The van der Waals surface area contributed by atoms with Gasteiger partial charge in [-0.25, -0.2) is 0 Å². The van der Waals surface area contributed by atoms with Gasteiger partial charge in [-0.2, -0.15) is 11.8 Å². The van der Waals surface area contributed by atoms with E-state index < -0.39 is 0 Å². The molecule has 0 aliphatic carbocycles. The molecular formula is C11H22N2S. The Balaban J connectivity index is 1.79. The largest absolute Gasteiger partial charge is 0.316 e. The minimum atomic E-state index is 0.476. The van der Waals surface area contributed by atoms with Gasteiger partial charge in [-0.15, -0.1) is 0 Å². The third-order valence-corrected chi connectivity index (χ3v) is 4.48. The van der Waals surface area contributed by atoms with Crippen LogP contribution >= 0.6 is 11.8 Å². The van der Waals surface area contributed by atoms with Crippen LogP contribution in [0, 0.1) is 5.92 Å². The van der Waals surface area contributed by atoms with Crippen LogP contribution in [-0.2, 0) is 0 Å². The third kappa shape index (κ3) is 2.88. The van der Waals surface area contributed by atoms with Crippen LogP contribution in [0.1, 0.15) is 20.3 Å². The molecule has 2 aliphatic rings. The van der Waals surface area contributed by atoms with Crippen molar-refractivity contribution in [3.05, 3.63) is 0 Å². The first-order valence-corrected chi connectivity index (χ1v) is 6.71. The standard InChI is InChI=1S/C11H22N2S/c1-11(2)9-13(5-6-14-11)8-10-3-4-12-7-10/h10,12H,3-9H2,1-2H3. The van der Waals surface area contributed by atoms with E-state index in [4.69, 9.17) is 0 Å². The first-order valence-electron chi connectivity index (χ1n) is 5.73. The van der Waals surface area contributed by atoms with Crippen molar-refractivity contribution in [2.45, 2.75) is 25.0 Å². The van der Waals surface area contributed by atoms with Gasteiger partial charge in [-0.05, 0) is 39.3 Å². The Morgan fingerprint density at radius 2 is 2.36 bits per heavy atom. The highest BCUT2D eigenvalue weighted by Gasteiger charge is 2.28. The van der Waals surface area contributed by atoms with Gasteiger partial charge in [0.05, 0.1) is 0 Å². The Labute approximate surface area is 91.8 Å². The molecule has 0 spiro atoms. The van der Waals surface area contributed by atoms with Crippen LogP contribution in [0.2, 0.25) is 0 Å². The van der Waals surface area contributed by atoms with Gasteiger partial charge < -0.3 is 10.2 Å². The molecule has 0 amide bonds. The monoisotopic (exact) mass is 214 g/mol. The van der Waals surface area contributed by atoms with Crippen molar-refractivity contribution in [1.82, 2.24) is 10.2 Å². The van der Waals surface area contributed by atoms with Crippen molar-refractivity contribution in [1.29, 1.82) is 0 Å². The molecule has 2 rings (SSSR count). The molecule has 0 aromatic heterocycles. The van der Waals surface area contributed by atoms with Gasteiger partial charge >= 0.3 is 0 Å². The number of nitrogens with zero attached hydrogens (tertiary/aromatic N) is 1. The molecule has 0 saturated carbocycles. The fraction of sp³-hybridized carbons (Fsp3) is 1.00. The molecule has 82 valence electrons. The van der Waals surface area contributed by atoms with E-state index in [1.807, 2.05) is 0 Å². The van der Waals surface area contributed by atoms with E-state index in [2.05, 4.69) is 35.8 Å². The normalized spacial score (nSPS) is 33.4. The van der Waals surface area contributed by atoms with Crippen LogP contribution in [0.4, 0.5) is 0 Å². The summed E-state index contributed by atoms with van der Waals surface area (Å²) >= 11 is 2.12. The van der Waals surface area contributed by atoms with Gasteiger partial charge in [0, 0.05) is 30.1 Å². The lowest BCUT2D eigenvalue weighted by molar-refractivity contribution is 0.227. The molecule has 1 atom stereocenters. The van der Waals surface area contributed by atoms with Crippen LogP contribution in [0.3, 0.4) is 0 Å². The van der Waals surface area contributed by atoms with E-state index in [0.717, 1.165) is 5.92 Å². The zero-order chi connectivity index (χ0) is 10.0. The molecule has 1 N–H and O–H groups in total. The number of nitrogens with one attached hydrogen (secondary N) is 1. The fourth-order valence-electron chi connectivity index (χ4n) is 2.51. The number of hydrogen-bond acceptors (Lipinski definition) is 3. The van der Waals surface area contributed by atoms with Crippen molar-refractivity contribution in [2.75, 3.05) is 38.5 Å². The van der Waals surface area contributed by atoms with Gasteiger partial charge in [0.15, 0.2) is 0 Å². The average molecular weight is 214 g/mol. The summed E-state index contributed by atoms with van der Waals surface area (Å²) in [4.78, 5) is 2.66. The third-order valence-electron chi connectivity index (χ3n) is 3.18. The molecule has 2 saturated heterocycles. The Kier molecular flexibility index (Phi) is 3.40. The minimum absolute atomic E-state index is 0.476. The topological polar surface area (TPSA) is 15.3 Å². The van der Waals surface area contributed by atoms with Gasteiger partial charge in [-0.1, -0.05) is 0 Å². The predicted octanol–water partition coefficient (Wildman–Crippen LogP) is 1.42. The van der Waals surface area contributed by atoms with Crippen LogP contribution in [0.25, 0.3) is 0 Å². The molecule has 2 nitrogen and oxygen atoms in total. The Morgan fingerprint density at radius 3 is 3.00 bits per heavy atom. The second-order valence-corrected chi connectivity index (χ2v) is 7.00. The minimum Gasteiger partial charge on any atom is -0.316 e. The summed E-state index contributed by atoms with van der Waals surface area (Å²) in [7, 11) is 0. The van der Waals surface area contributed by atoms with Gasteiger partial charge in [0.25, 0.3) is 0 Å². The van der Waals surface area contributed by atoms with Crippen molar-refractivity contribution in [3.8, 4) is 0 Å². The molecule has 14 heavy (non-hydrogen) atoms. The molecule has 0 aromatic carbocycles. The average Bonchev–Trinajstić information content (AvgIpc) is 2.54. The molecule has 3 heteroatoms. The molecule has 0 bridgehead atoms. The Morgan fingerprint density at radius 1 is 1.50 bits per heavy atom. The smallest absolute Gasteiger partial charge is 0.0231 e. The fourth-order valence-corrected chi connectivity index (χ4v) is 3.68. The molecule has 2 fully saturated rings. The van der Waals surface area contributed by atoms with E-state index in [1.54, 1.807) is 0 Å². The molecule has 0 aromatic rings. The lowest BCUT2D eigenvalue weighted by Crippen LogP contribution is -2.45. The molecule has 0 radical (unpaired) electrons. The highest BCUT2D eigenvalue weighted by molar-refractivity contribution is 8.00. The summed E-state index contributed by atoms with van der Waals surface area (Å²) in [6, 6.07) is 0. The molecule has 2 heterocycles. The van der Waals surface area contributed by atoms with Gasteiger partial charge in [0.1, 0.15) is 0 Å². The summed E-state index contributed by atoms with van der Waals surface area (Å²) in [6.07, 6.45) is 1.38. The second-order valence-electron chi connectivity index (χ2n) is 5.20. The lowest BCUT2D eigenvalue weighted by atomic mass is 10.1. The zero-order valence-electron chi connectivity index (χ0n) is 9.38. The second kappa shape index (κ2) is 4.42. The summed E-state index contributed by atoms with van der Waals surface area (Å²) < 4.78 is 0.476. The SMILES string of the molecule is CC1(C)CN(CC2CCNC2)CCS1. The van der Waals surface area contributed by atoms with Crippen LogP contribution in [0.15, 0.2) is 0 Å². The van der Waals surface area contributed by atoms with E-state index in [1.165, 1.54) is 44.9 Å². The van der Waals surface area contributed by atoms with E-state index in [9.17, 15) is 0 Å². The number of hydrogen-bond donors (Lipinski definition) is 1. The summed E-state index contributed by atoms with van der Waals surface area (Å²) in [6.45, 7) is 11.1. The molecule has 2 aliphatic heterocycles. The van der Waals surface area contributed by atoms with Crippen LogP contribution in [-0.4, -0.2) is 48.1 Å². The van der Waals surface area contributed by atoms with E-state index >= 15 is 0 Å².